The van der Waals surface area contributed by atoms with Gasteiger partial charge < -0.3 is 10.1 Å². The number of hydrogen-bond acceptors (Lipinski definition) is 6. The molecule has 0 bridgehead atoms. The molecule has 158 valence electrons. The minimum Gasteiger partial charge on any atom is -0.462 e. The van der Waals surface area contributed by atoms with Gasteiger partial charge >= 0.3 is 5.97 Å². The molecule has 2 aromatic carbocycles. The third-order valence-corrected chi connectivity index (χ3v) is 4.88. The minimum atomic E-state index is -0.425. The summed E-state index contributed by atoms with van der Waals surface area (Å²) in [7, 11) is 0. The number of nitrogens with one attached hydrogen (secondary N) is 1. The monoisotopic (exact) mass is 419 g/mol. The predicted molar refractivity (Wildman–Crippen MR) is 115 cm³/mol. The van der Waals surface area contributed by atoms with E-state index in [0.717, 1.165) is 5.52 Å². The van der Waals surface area contributed by atoms with E-state index < -0.39 is 11.5 Å². The van der Waals surface area contributed by atoms with Crippen LogP contribution in [0.3, 0.4) is 0 Å². The molecular formula is C22H21N5O4. The summed E-state index contributed by atoms with van der Waals surface area (Å²) in [5.74, 6) is -0.122. The van der Waals surface area contributed by atoms with Crippen molar-refractivity contribution in [1.82, 2.24) is 19.2 Å². The molecule has 0 aliphatic heterocycles. The zero-order valence-corrected chi connectivity index (χ0v) is 17.2. The normalized spacial score (nSPS) is 11.0. The molecule has 0 saturated carbocycles. The fourth-order valence-corrected chi connectivity index (χ4v) is 3.45. The fourth-order valence-electron chi connectivity index (χ4n) is 3.45. The number of carbonyl (C=O) groups is 2. The van der Waals surface area contributed by atoms with Gasteiger partial charge in [-0.15, -0.1) is 10.2 Å². The van der Waals surface area contributed by atoms with E-state index in [2.05, 4.69) is 15.5 Å². The summed E-state index contributed by atoms with van der Waals surface area (Å²) in [4.78, 5) is 37.5. The first kappa shape index (κ1) is 20.3. The number of fused-ring (bicyclic) bond motifs is 3. The van der Waals surface area contributed by atoms with Gasteiger partial charge in [-0.3, -0.25) is 18.6 Å². The lowest BCUT2D eigenvalue weighted by Crippen LogP contribution is -2.29. The number of nitrogens with zero attached hydrogens (tertiary/aromatic N) is 4. The van der Waals surface area contributed by atoms with E-state index in [0.29, 0.717) is 29.0 Å². The van der Waals surface area contributed by atoms with Gasteiger partial charge in [-0.05, 0) is 43.3 Å². The van der Waals surface area contributed by atoms with Crippen molar-refractivity contribution >= 4 is 34.2 Å². The molecule has 2 heterocycles. The highest BCUT2D eigenvalue weighted by Crippen LogP contribution is 2.16. The summed E-state index contributed by atoms with van der Waals surface area (Å²) < 4.78 is 8.08. The Bertz CT molecular complexity index is 1340. The van der Waals surface area contributed by atoms with Crippen LogP contribution in [0.4, 0.5) is 5.69 Å². The van der Waals surface area contributed by atoms with E-state index in [1.165, 1.54) is 4.57 Å². The van der Waals surface area contributed by atoms with Crippen LogP contribution in [0.5, 0.6) is 0 Å². The van der Waals surface area contributed by atoms with Crippen molar-refractivity contribution in [3.05, 3.63) is 70.3 Å². The number of ether oxygens (including phenoxy) is 1. The predicted octanol–water partition coefficient (Wildman–Crippen LogP) is 2.42. The van der Waals surface area contributed by atoms with Crippen molar-refractivity contribution in [2.24, 2.45) is 0 Å². The summed E-state index contributed by atoms with van der Waals surface area (Å²) in [6, 6.07) is 13.7. The van der Waals surface area contributed by atoms with Crippen molar-refractivity contribution in [3.8, 4) is 0 Å². The molecule has 0 fully saturated rings. The Kier molecular flexibility index (Phi) is 5.48. The summed E-state index contributed by atoms with van der Waals surface area (Å²) in [6.45, 7) is 3.77. The van der Waals surface area contributed by atoms with E-state index in [-0.39, 0.29) is 24.7 Å². The maximum atomic E-state index is 13.0. The molecule has 1 N–H and O–H groups in total. The molecule has 9 nitrogen and oxygen atoms in total. The lowest BCUT2D eigenvalue weighted by molar-refractivity contribution is -0.116. The highest BCUT2D eigenvalue weighted by atomic mass is 16.5. The maximum absolute atomic E-state index is 13.0. The molecule has 31 heavy (non-hydrogen) atoms. The number of amides is 1. The Morgan fingerprint density at radius 1 is 1.00 bits per heavy atom. The van der Waals surface area contributed by atoms with E-state index in [1.807, 2.05) is 25.1 Å². The van der Waals surface area contributed by atoms with Gasteiger partial charge in [0.15, 0.2) is 0 Å². The van der Waals surface area contributed by atoms with Crippen LogP contribution in [-0.2, 0) is 22.5 Å². The van der Waals surface area contributed by atoms with Gasteiger partial charge in [-0.1, -0.05) is 19.1 Å². The number of carbonyl (C=O) groups excluding carboxylic acids is 2. The molecule has 9 heteroatoms. The topological polar surface area (TPSA) is 108 Å². The summed E-state index contributed by atoms with van der Waals surface area (Å²) in [6.07, 6.45) is 0.622. The second-order valence-electron chi connectivity index (χ2n) is 6.85. The average Bonchev–Trinajstić information content (AvgIpc) is 3.22. The van der Waals surface area contributed by atoms with Crippen molar-refractivity contribution in [1.29, 1.82) is 0 Å². The van der Waals surface area contributed by atoms with Crippen LogP contribution in [-0.4, -0.2) is 37.6 Å². The van der Waals surface area contributed by atoms with E-state index in [9.17, 15) is 14.4 Å². The zero-order chi connectivity index (χ0) is 22.0. The smallest absolute Gasteiger partial charge is 0.338 e. The summed E-state index contributed by atoms with van der Waals surface area (Å²) >= 11 is 0. The molecule has 0 unspecified atom stereocenters. The van der Waals surface area contributed by atoms with Gasteiger partial charge in [0.05, 0.1) is 23.2 Å². The molecule has 0 saturated heterocycles. The standard InChI is InChI=1S/C22H21N5O4/c1-3-18-24-25-20-21(29)26(16-7-5-6-8-17(16)27(18)20)13-19(28)23-15-11-9-14(10-12-15)22(30)31-4-2/h5-12H,3-4,13H2,1-2H3,(H,23,28). The number of aryl methyl sites for hydroxylation is 1. The van der Waals surface area contributed by atoms with Crippen molar-refractivity contribution in [2.45, 2.75) is 26.8 Å². The third kappa shape index (κ3) is 3.77. The molecule has 0 aliphatic carbocycles. The van der Waals surface area contributed by atoms with E-state index >= 15 is 0 Å². The first-order valence-corrected chi connectivity index (χ1v) is 9.96. The molecule has 0 aliphatic rings. The molecule has 1 amide bonds. The van der Waals surface area contributed by atoms with Crippen LogP contribution in [0.1, 0.15) is 30.0 Å². The van der Waals surface area contributed by atoms with Crippen LogP contribution in [0.15, 0.2) is 53.3 Å². The Balaban J connectivity index is 1.64. The lowest BCUT2D eigenvalue weighted by Gasteiger charge is -2.12. The Morgan fingerprint density at radius 3 is 2.39 bits per heavy atom. The fraction of sp³-hybridized carbons (Fsp3) is 0.227. The first-order valence-electron chi connectivity index (χ1n) is 9.96. The van der Waals surface area contributed by atoms with Crippen molar-refractivity contribution in [2.75, 3.05) is 11.9 Å². The first-order chi connectivity index (χ1) is 15.0. The van der Waals surface area contributed by atoms with Gasteiger partial charge in [0.1, 0.15) is 12.4 Å². The van der Waals surface area contributed by atoms with Crippen molar-refractivity contribution < 1.29 is 14.3 Å². The minimum absolute atomic E-state index is 0.183. The number of hydrogen-bond donors (Lipinski definition) is 1. The van der Waals surface area contributed by atoms with E-state index in [4.69, 9.17) is 4.74 Å². The second-order valence-corrected chi connectivity index (χ2v) is 6.85. The molecule has 0 spiro atoms. The summed E-state index contributed by atoms with van der Waals surface area (Å²) in [5, 5.41) is 10.9. The van der Waals surface area contributed by atoms with Crippen LogP contribution in [0, 0.1) is 0 Å². The number of aromatic nitrogens is 4. The second kappa shape index (κ2) is 8.39. The van der Waals surface area contributed by atoms with Crippen LogP contribution in [0.25, 0.3) is 16.7 Å². The number of rotatable bonds is 6. The van der Waals surface area contributed by atoms with Gasteiger partial charge in [0, 0.05) is 12.1 Å². The Hall–Kier alpha value is -4.01. The lowest BCUT2D eigenvalue weighted by atomic mass is 10.2. The maximum Gasteiger partial charge on any atom is 0.338 e. The van der Waals surface area contributed by atoms with Crippen LogP contribution < -0.4 is 10.9 Å². The number of esters is 1. The van der Waals surface area contributed by atoms with Gasteiger partial charge in [0.25, 0.3) is 5.56 Å². The van der Waals surface area contributed by atoms with Gasteiger partial charge in [-0.2, -0.15) is 0 Å². The highest BCUT2D eigenvalue weighted by Gasteiger charge is 2.17. The molecule has 0 radical (unpaired) electrons. The van der Waals surface area contributed by atoms with Gasteiger partial charge in [0.2, 0.25) is 11.6 Å². The SMILES string of the molecule is CCOC(=O)c1ccc(NC(=O)Cn2c(=O)c3nnc(CC)n3c3ccccc32)cc1. The van der Waals surface area contributed by atoms with E-state index in [1.54, 1.807) is 41.7 Å². The van der Waals surface area contributed by atoms with Crippen LogP contribution >= 0.6 is 0 Å². The Labute approximate surface area is 177 Å². The molecular weight excluding hydrogens is 398 g/mol. The number of benzene rings is 2. The molecule has 4 aromatic rings. The highest BCUT2D eigenvalue weighted by molar-refractivity contribution is 5.93. The van der Waals surface area contributed by atoms with Crippen molar-refractivity contribution in [3.63, 3.8) is 0 Å². The average molecular weight is 419 g/mol. The molecule has 2 aromatic heterocycles. The summed E-state index contributed by atoms with van der Waals surface area (Å²) in [5.41, 5.74) is 2.06. The van der Waals surface area contributed by atoms with Crippen LogP contribution in [0.2, 0.25) is 0 Å². The largest absolute Gasteiger partial charge is 0.462 e. The quantitative estimate of drug-likeness (QED) is 0.481. The zero-order valence-electron chi connectivity index (χ0n) is 17.2. The molecule has 0 atom stereocenters. The molecule has 4 rings (SSSR count). The third-order valence-electron chi connectivity index (χ3n) is 4.88. The van der Waals surface area contributed by atoms with Gasteiger partial charge in [-0.25, -0.2) is 4.79 Å². The number of anilines is 1. The number of para-hydroxylation sites is 2. The Morgan fingerprint density at radius 2 is 1.71 bits per heavy atom.